The van der Waals surface area contributed by atoms with Crippen molar-refractivity contribution in [2.45, 2.75) is 45.7 Å². The fourth-order valence-corrected chi connectivity index (χ4v) is 3.22. The molecule has 27 heavy (non-hydrogen) atoms. The number of benzene rings is 1. The summed E-state index contributed by atoms with van der Waals surface area (Å²) in [7, 11) is 1.98. The maximum atomic E-state index is 12.7. The van der Waals surface area contributed by atoms with Crippen LogP contribution in [0.15, 0.2) is 24.3 Å². The second-order valence-corrected chi connectivity index (χ2v) is 7.31. The summed E-state index contributed by atoms with van der Waals surface area (Å²) in [5.74, 6) is 0.825. The lowest BCUT2D eigenvalue weighted by atomic mass is 9.93. The Morgan fingerprint density at radius 3 is 2.33 bits per heavy atom. The summed E-state index contributed by atoms with van der Waals surface area (Å²) in [6.45, 7) is 7.01. The highest BCUT2D eigenvalue weighted by Crippen LogP contribution is 2.21. The zero-order valence-corrected chi connectivity index (χ0v) is 17.4. The van der Waals surface area contributed by atoms with E-state index in [2.05, 4.69) is 16.0 Å². The van der Waals surface area contributed by atoms with Gasteiger partial charge in [0.05, 0.1) is 0 Å². The van der Waals surface area contributed by atoms with Gasteiger partial charge in [0.25, 0.3) is 5.91 Å². The lowest BCUT2D eigenvalue weighted by Crippen LogP contribution is -2.39. The van der Waals surface area contributed by atoms with Gasteiger partial charge >= 0.3 is 6.03 Å². The number of halogens is 1. The van der Waals surface area contributed by atoms with Gasteiger partial charge in [-0.05, 0) is 70.3 Å². The van der Waals surface area contributed by atoms with Crippen LogP contribution in [-0.4, -0.2) is 49.6 Å². The molecular weight excluding hydrogens is 364 g/mol. The first-order valence-electron chi connectivity index (χ1n) is 9.56. The van der Waals surface area contributed by atoms with Crippen molar-refractivity contribution in [1.82, 2.24) is 20.9 Å². The van der Waals surface area contributed by atoms with Crippen molar-refractivity contribution in [1.29, 1.82) is 0 Å². The molecule has 2 rings (SSSR count). The summed E-state index contributed by atoms with van der Waals surface area (Å²) in [5, 5.41) is 8.80. The highest BCUT2D eigenvalue weighted by molar-refractivity contribution is 5.94. The number of rotatable bonds is 7. The molecule has 3 amide bonds. The van der Waals surface area contributed by atoms with E-state index in [0.717, 1.165) is 44.0 Å². The summed E-state index contributed by atoms with van der Waals surface area (Å²) >= 11 is 0. The topological polar surface area (TPSA) is 73.5 Å². The normalized spacial score (nSPS) is 14.6. The molecule has 1 aromatic rings. The van der Waals surface area contributed by atoms with E-state index >= 15 is 0 Å². The van der Waals surface area contributed by atoms with Gasteiger partial charge in [-0.15, -0.1) is 12.4 Å². The molecule has 0 spiro atoms. The number of hydrogen-bond acceptors (Lipinski definition) is 3. The van der Waals surface area contributed by atoms with Gasteiger partial charge in [-0.25, -0.2) is 4.79 Å². The monoisotopic (exact) mass is 396 g/mol. The van der Waals surface area contributed by atoms with Gasteiger partial charge in [0.15, 0.2) is 0 Å². The molecule has 0 atom stereocenters. The van der Waals surface area contributed by atoms with Crippen molar-refractivity contribution in [2.75, 3.05) is 26.7 Å². The highest BCUT2D eigenvalue weighted by atomic mass is 35.5. The summed E-state index contributed by atoms with van der Waals surface area (Å²) in [5.41, 5.74) is 1.69. The number of piperidine rings is 1. The van der Waals surface area contributed by atoms with Gasteiger partial charge in [-0.1, -0.05) is 12.1 Å². The second-order valence-electron chi connectivity index (χ2n) is 7.31. The first-order valence-corrected chi connectivity index (χ1v) is 9.56. The van der Waals surface area contributed by atoms with Crippen molar-refractivity contribution in [3.05, 3.63) is 35.4 Å². The van der Waals surface area contributed by atoms with Gasteiger partial charge in [-0.2, -0.15) is 0 Å². The molecule has 0 aliphatic carbocycles. The number of nitrogens with one attached hydrogen (secondary N) is 3. The smallest absolute Gasteiger partial charge is 0.315 e. The molecule has 152 valence electrons. The number of nitrogens with zero attached hydrogens (tertiary/aromatic N) is 1. The Bertz CT molecular complexity index is 584. The second kappa shape index (κ2) is 11.8. The predicted octanol–water partition coefficient (Wildman–Crippen LogP) is 2.78. The molecule has 7 heteroatoms. The van der Waals surface area contributed by atoms with Crippen molar-refractivity contribution < 1.29 is 9.59 Å². The van der Waals surface area contributed by atoms with Gasteiger partial charge in [0.2, 0.25) is 0 Å². The van der Waals surface area contributed by atoms with E-state index in [9.17, 15) is 9.59 Å². The summed E-state index contributed by atoms with van der Waals surface area (Å²) in [4.78, 5) is 26.2. The van der Waals surface area contributed by atoms with Crippen LogP contribution in [0.2, 0.25) is 0 Å². The van der Waals surface area contributed by atoms with Gasteiger partial charge in [-0.3, -0.25) is 4.79 Å². The number of hydrogen-bond donors (Lipinski definition) is 3. The minimum absolute atomic E-state index is 0. The van der Waals surface area contributed by atoms with E-state index in [1.165, 1.54) is 6.42 Å². The molecule has 6 nitrogen and oxygen atoms in total. The maximum Gasteiger partial charge on any atom is 0.315 e. The first-order chi connectivity index (χ1) is 12.5. The Labute approximate surface area is 168 Å². The Morgan fingerprint density at radius 1 is 1.15 bits per heavy atom. The van der Waals surface area contributed by atoms with Gasteiger partial charge in [0.1, 0.15) is 0 Å². The lowest BCUT2D eigenvalue weighted by molar-refractivity contribution is 0.0687. The molecule has 1 fully saturated rings. The van der Waals surface area contributed by atoms with E-state index < -0.39 is 0 Å². The average molecular weight is 397 g/mol. The van der Waals surface area contributed by atoms with Crippen LogP contribution in [0.1, 0.15) is 49.0 Å². The Kier molecular flexibility index (Phi) is 10.2. The number of carbonyl (C=O) groups excluding carboxylic acids is 2. The number of amides is 3. The summed E-state index contributed by atoms with van der Waals surface area (Å²) in [6.07, 6.45) is 3.35. The van der Waals surface area contributed by atoms with Crippen LogP contribution in [0.4, 0.5) is 4.79 Å². The van der Waals surface area contributed by atoms with E-state index in [0.29, 0.717) is 12.1 Å². The molecule has 1 saturated heterocycles. The number of urea groups is 1. The third-order valence-electron chi connectivity index (χ3n) is 4.78. The zero-order chi connectivity index (χ0) is 18.9. The van der Waals surface area contributed by atoms with Crippen LogP contribution < -0.4 is 16.0 Å². The van der Waals surface area contributed by atoms with Crippen LogP contribution in [-0.2, 0) is 6.54 Å². The molecule has 1 aliphatic heterocycles. The molecule has 1 aromatic carbocycles. The van der Waals surface area contributed by atoms with Crippen LogP contribution in [0.25, 0.3) is 0 Å². The summed E-state index contributed by atoms with van der Waals surface area (Å²) in [6, 6.07) is 7.45. The van der Waals surface area contributed by atoms with Crippen molar-refractivity contribution in [3.63, 3.8) is 0 Å². The van der Waals surface area contributed by atoms with Crippen LogP contribution >= 0.6 is 12.4 Å². The van der Waals surface area contributed by atoms with E-state index in [1.54, 1.807) is 0 Å². The minimum Gasteiger partial charge on any atom is -0.339 e. The number of carbonyl (C=O) groups is 2. The van der Waals surface area contributed by atoms with Crippen molar-refractivity contribution in [2.24, 2.45) is 5.92 Å². The molecule has 1 aliphatic rings. The molecule has 0 aromatic heterocycles. The lowest BCUT2D eigenvalue weighted by Gasteiger charge is -2.32. The maximum absolute atomic E-state index is 12.7. The molecule has 1 heterocycles. The largest absolute Gasteiger partial charge is 0.339 e. The van der Waals surface area contributed by atoms with Crippen LogP contribution in [0.5, 0.6) is 0 Å². The first kappa shape index (κ1) is 23.2. The number of likely N-dealkylation sites (tertiary alicyclic amines) is 1. The van der Waals surface area contributed by atoms with Gasteiger partial charge in [0, 0.05) is 31.2 Å². The molecule has 0 saturated carbocycles. The fraction of sp³-hybridized carbons (Fsp3) is 0.600. The quantitative estimate of drug-likeness (QED) is 0.663. The van der Waals surface area contributed by atoms with Crippen LogP contribution in [0, 0.1) is 5.92 Å². The standard InChI is InChI=1S/C20H32N4O2.ClH/c1-15(2)23-20(26)22-14-17-4-6-18(7-5-17)19(25)24-12-9-16(10-13-24)8-11-21-3;/h4-7,15-16,21H,8-14H2,1-3H3,(H2,22,23,26);1H. The average Bonchev–Trinajstić information content (AvgIpc) is 2.64. The predicted molar refractivity (Wildman–Crippen MR) is 111 cm³/mol. The van der Waals surface area contributed by atoms with Crippen molar-refractivity contribution in [3.8, 4) is 0 Å². The third-order valence-corrected chi connectivity index (χ3v) is 4.78. The van der Waals surface area contributed by atoms with Crippen LogP contribution in [0.3, 0.4) is 0 Å². The fourth-order valence-electron chi connectivity index (χ4n) is 3.22. The highest BCUT2D eigenvalue weighted by Gasteiger charge is 2.23. The Balaban J connectivity index is 0.00000364. The SMILES string of the molecule is CNCCC1CCN(C(=O)c2ccc(CNC(=O)NC(C)C)cc2)CC1.Cl. The van der Waals surface area contributed by atoms with E-state index in [4.69, 9.17) is 0 Å². The van der Waals surface area contributed by atoms with E-state index in [1.807, 2.05) is 50.1 Å². The molecule has 3 N–H and O–H groups in total. The minimum atomic E-state index is -0.179. The van der Waals surface area contributed by atoms with E-state index in [-0.39, 0.29) is 30.4 Å². The Morgan fingerprint density at radius 2 is 1.78 bits per heavy atom. The molecule has 0 unspecified atom stereocenters. The molecule has 0 bridgehead atoms. The molecule has 0 radical (unpaired) electrons. The summed E-state index contributed by atoms with van der Waals surface area (Å²) < 4.78 is 0. The Hall–Kier alpha value is -1.79. The third kappa shape index (κ3) is 7.77. The van der Waals surface area contributed by atoms with Crippen molar-refractivity contribution >= 4 is 24.3 Å². The van der Waals surface area contributed by atoms with Gasteiger partial charge < -0.3 is 20.9 Å². The molecular formula is C20H33ClN4O2. The zero-order valence-electron chi connectivity index (χ0n) is 16.6.